The molecule has 6 heteroatoms. The summed E-state index contributed by atoms with van der Waals surface area (Å²) in [5.41, 5.74) is 0.377. The second kappa shape index (κ2) is 5.39. The second-order valence-corrected chi connectivity index (χ2v) is 5.89. The zero-order valence-corrected chi connectivity index (χ0v) is 12.6. The van der Waals surface area contributed by atoms with Crippen molar-refractivity contribution in [1.29, 1.82) is 10.5 Å². The van der Waals surface area contributed by atoms with Gasteiger partial charge in [-0.2, -0.15) is 10.5 Å². The molecule has 1 saturated carbocycles. The van der Waals surface area contributed by atoms with E-state index in [0.29, 0.717) is 5.02 Å². The summed E-state index contributed by atoms with van der Waals surface area (Å²) >= 11 is 6.00. The topological polar surface area (TPSA) is 90.7 Å². The highest BCUT2D eigenvalue weighted by atomic mass is 35.5. The first-order valence-corrected chi connectivity index (χ1v) is 7.23. The molecule has 0 N–H and O–H groups in total. The summed E-state index contributed by atoms with van der Waals surface area (Å²) in [6.07, 6.45) is 0. The Labute approximate surface area is 137 Å². The number of nitro benzene ring substituents is 1. The first-order chi connectivity index (χ1) is 11.0. The van der Waals surface area contributed by atoms with Gasteiger partial charge in [0.25, 0.3) is 5.69 Å². The monoisotopic (exact) mass is 323 g/mol. The lowest BCUT2D eigenvalue weighted by Gasteiger charge is -2.01. The summed E-state index contributed by atoms with van der Waals surface area (Å²) in [5.74, 6) is -0.616. The molecular formula is C17H10ClN3O2. The summed E-state index contributed by atoms with van der Waals surface area (Å²) in [6, 6.07) is 17.3. The number of rotatable bonds is 3. The molecule has 0 saturated heterocycles. The normalized spacial score (nSPS) is 21.0. The van der Waals surface area contributed by atoms with Gasteiger partial charge in [-0.3, -0.25) is 10.1 Å². The summed E-state index contributed by atoms with van der Waals surface area (Å²) in [5, 5.41) is 30.3. The van der Waals surface area contributed by atoms with E-state index >= 15 is 0 Å². The summed E-state index contributed by atoms with van der Waals surface area (Å²) < 4.78 is 0. The maximum Gasteiger partial charge on any atom is 0.269 e. The molecule has 0 heterocycles. The number of nitrogens with zero attached hydrogens (tertiary/aromatic N) is 3. The number of hydrogen-bond acceptors (Lipinski definition) is 4. The molecule has 2 aromatic rings. The van der Waals surface area contributed by atoms with Crippen molar-refractivity contribution < 1.29 is 4.92 Å². The van der Waals surface area contributed by atoms with Crippen LogP contribution in [0.3, 0.4) is 0 Å². The zero-order chi connectivity index (χ0) is 16.6. The fourth-order valence-electron chi connectivity index (χ4n) is 3.11. The lowest BCUT2D eigenvalue weighted by molar-refractivity contribution is -0.384. The van der Waals surface area contributed by atoms with Gasteiger partial charge in [0.2, 0.25) is 0 Å². The van der Waals surface area contributed by atoms with E-state index in [0.717, 1.165) is 11.1 Å². The van der Waals surface area contributed by atoms with Crippen molar-refractivity contribution in [3.8, 4) is 12.1 Å². The molecule has 1 fully saturated rings. The Morgan fingerprint density at radius 3 is 2.17 bits per heavy atom. The van der Waals surface area contributed by atoms with Crippen LogP contribution in [-0.4, -0.2) is 4.92 Å². The van der Waals surface area contributed by atoms with E-state index in [1.165, 1.54) is 12.1 Å². The average molecular weight is 324 g/mol. The standard InChI is InChI=1S/C17H10ClN3O2/c18-13-3-1-2-12(8-13)16-15(17(16,9-19)10-20)11-4-6-14(7-5-11)21(22)23/h1-8,15-16H. The van der Waals surface area contributed by atoms with Crippen LogP contribution in [-0.2, 0) is 0 Å². The Morgan fingerprint density at radius 1 is 1.04 bits per heavy atom. The van der Waals surface area contributed by atoms with Gasteiger partial charge in [0.05, 0.1) is 17.1 Å². The Bertz CT molecular complexity index is 851. The van der Waals surface area contributed by atoms with Crippen LogP contribution in [0, 0.1) is 38.2 Å². The zero-order valence-electron chi connectivity index (χ0n) is 11.8. The molecule has 0 aromatic heterocycles. The van der Waals surface area contributed by atoms with Gasteiger partial charge in [0, 0.05) is 29.0 Å². The van der Waals surface area contributed by atoms with E-state index in [4.69, 9.17) is 11.6 Å². The van der Waals surface area contributed by atoms with Crippen LogP contribution >= 0.6 is 11.6 Å². The van der Waals surface area contributed by atoms with Crippen LogP contribution in [0.4, 0.5) is 5.69 Å². The molecule has 5 nitrogen and oxygen atoms in total. The molecule has 2 aromatic carbocycles. The first-order valence-electron chi connectivity index (χ1n) is 6.86. The predicted octanol–water partition coefficient (Wildman–Crippen LogP) is 4.16. The Balaban J connectivity index is 2.02. The van der Waals surface area contributed by atoms with Gasteiger partial charge in [-0.25, -0.2) is 0 Å². The van der Waals surface area contributed by atoms with Crippen molar-refractivity contribution in [3.63, 3.8) is 0 Å². The minimum absolute atomic E-state index is 0.0202. The number of nitriles is 2. The van der Waals surface area contributed by atoms with E-state index in [2.05, 4.69) is 12.1 Å². The van der Waals surface area contributed by atoms with Crippen molar-refractivity contribution in [2.24, 2.45) is 5.41 Å². The third-order valence-corrected chi connectivity index (χ3v) is 4.48. The number of hydrogen-bond donors (Lipinski definition) is 0. The Morgan fingerprint density at radius 2 is 1.65 bits per heavy atom. The van der Waals surface area contributed by atoms with Gasteiger partial charge >= 0.3 is 0 Å². The SMILES string of the molecule is N#CC1(C#N)C(c2ccc([N+](=O)[O-])cc2)C1c1cccc(Cl)c1. The van der Waals surface area contributed by atoms with Crippen LogP contribution in [0.5, 0.6) is 0 Å². The quantitative estimate of drug-likeness (QED) is 0.626. The molecule has 0 bridgehead atoms. The number of halogens is 1. The molecule has 0 radical (unpaired) electrons. The van der Waals surface area contributed by atoms with Crippen molar-refractivity contribution in [2.45, 2.75) is 11.8 Å². The van der Waals surface area contributed by atoms with Crippen molar-refractivity contribution in [3.05, 3.63) is 74.8 Å². The van der Waals surface area contributed by atoms with E-state index < -0.39 is 10.3 Å². The molecule has 2 unspecified atom stereocenters. The van der Waals surface area contributed by atoms with Crippen molar-refractivity contribution >= 4 is 17.3 Å². The minimum Gasteiger partial charge on any atom is -0.258 e. The van der Waals surface area contributed by atoms with E-state index in [1.54, 1.807) is 30.3 Å². The minimum atomic E-state index is -1.17. The van der Waals surface area contributed by atoms with Crippen LogP contribution in [0.15, 0.2) is 48.5 Å². The second-order valence-electron chi connectivity index (χ2n) is 5.45. The Hall–Kier alpha value is -2.89. The van der Waals surface area contributed by atoms with Gasteiger partial charge in [-0.15, -0.1) is 0 Å². The molecule has 112 valence electrons. The van der Waals surface area contributed by atoms with Gasteiger partial charge in [-0.1, -0.05) is 35.9 Å². The average Bonchev–Trinajstić information content (AvgIpc) is 3.24. The maximum atomic E-state index is 10.7. The molecule has 23 heavy (non-hydrogen) atoms. The van der Waals surface area contributed by atoms with Crippen LogP contribution in [0.25, 0.3) is 0 Å². The fourth-order valence-corrected chi connectivity index (χ4v) is 3.30. The van der Waals surface area contributed by atoms with Gasteiger partial charge in [-0.05, 0) is 23.3 Å². The van der Waals surface area contributed by atoms with Crippen LogP contribution in [0.2, 0.25) is 5.02 Å². The Kier molecular flexibility index (Phi) is 3.52. The van der Waals surface area contributed by atoms with Crippen LogP contribution in [0.1, 0.15) is 23.0 Å². The van der Waals surface area contributed by atoms with E-state index in [-0.39, 0.29) is 17.5 Å². The van der Waals surface area contributed by atoms with Crippen LogP contribution < -0.4 is 0 Å². The predicted molar refractivity (Wildman–Crippen MR) is 83.7 cm³/mol. The van der Waals surface area contributed by atoms with E-state index in [1.807, 2.05) is 6.07 Å². The number of nitro groups is 1. The highest BCUT2D eigenvalue weighted by Crippen LogP contribution is 2.69. The summed E-state index contributed by atoms with van der Waals surface area (Å²) in [4.78, 5) is 10.3. The van der Waals surface area contributed by atoms with Gasteiger partial charge < -0.3 is 0 Å². The van der Waals surface area contributed by atoms with Gasteiger partial charge in [0.15, 0.2) is 5.41 Å². The largest absolute Gasteiger partial charge is 0.269 e. The van der Waals surface area contributed by atoms with E-state index in [9.17, 15) is 20.6 Å². The highest BCUT2D eigenvalue weighted by Gasteiger charge is 2.67. The smallest absolute Gasteiger partial charge is 0.258 e. The highest BCUT2D eigenvalue weighted by molar-refractivity contribution is 6.30. The molecule has 1 aliphatic carbocycles. The van der Waals surface area contributed by atoms with Crippen molar-refractivity contribution in [2.75, 3.05) is 0 Å². The lowest BCUT2D eigenvalue weighted by atomic mass is 10.0. The third kappa shape index (κ3) is 2.32. The number of benzene rings is 2. The van der Waals surface area contributed by atoms with Gasteiger partial charge in [0.1, 0.15) is 0 Å². The lowest BCUT2D eigenvalue weighted by Crippen LogP contribution is -1.97. The fraction of sp³-hybridized carbons (Fsp3) is 0.176. The number of non-ortho nitro benzene ring substituents is 1. The molecule has 0 aliphatic heterocycles. The third-order valence-electron chi connectivity index (χ3n) is 4.25. The molecule has 0 amide bonds. The molecule has 2 atom stereocenters. The summed E-state index contributed by atoms with van der Waals surface area (Å²) in [7, 11) is 0. The maximum absolute atomic E-state index is 10.7. The van der Waals surface area contributed by atoms with Crippen molar-refractivity contribution in [1.82, 2.24) is 0 Å². The molecule has 3 rings (SSSR count). The summed E-state index contributed by atoms with van der Waals surface area (Å²) in [6.45, 7) is 0. The molecule has 1 aliphatic rings. The molecule has 0 spiro atoms. The first kappa shape index (κ1) is 15.0. The molecular weight excluding hydrogens is 314 g/mol.